The van der Waals surface area contributed by atoms with Gasteiger partial charge in [-0.3, -0.25) is 4.98 Å². The Kier molecular flexibility index (Phi) is 5.84. The van der Waals surface area contributed by atoms with E-state index in [9.17, 15) is 8.78 Å². The first-order valence-electron chi connectivity index (χ1n) is 6.50. The molecular weight excluding hydrogens is 406 g/mol. The van der Waals surface area contributed by atoms with Crippen molar-refractivity contribution in [2.75, 3.05) is 6.54 Å². The molecular formula is C15H14Br2F2N2. The average Bonchev–Trinajstić information content (AvgIpc) is 2.47. The van der Waals surface area contributed by atoms with Crippen LogP contribution < -0.4 is 5.32 Å². The van der Waals surface area contributed by atoms with E-state index in [-0.39, 0.29) is 22.5 Å². The van der Waals surface area contributed by atoms with Crippen LogP contribution in [0.5, 0.6) is 0 Å². The Morgan fingerprint density at radius 1 is 1.19 bits per heavy atom. The number of hydrogen-bond acceptors (Lipinski definition) is 2. The molecule has 21 heavy (non-hydrogen) atoms. The predicted octanol–water partition coefficient (Wildman–Crippen LogP) is 4.78. The van der Waals surface area contributed by atoms with Crippen LogP contribution in [0.4, 0.5) is 8.78 Å². The molecule has 0 aliphatic rings. The summed E-state index contributed by atoms with van der Waals surface area (Å²) in [7, 11) is 0. The number of hydrogen-bond donors (Lipinski definition) is 1. The fourth-order valence-corrected chi connectivity index (χ4v) is 2.69. The van der Waals surface area contributed by atoms with Gasteiger partial charge >= 0.3 is 0 Å². The number of aromatic nitrogens is 1. The van der Waals surface area contributed by atoms with E-state index >= 15 is 0 Å². The van der Waals surface area contributed by atoms with Crippen molar-refractivity contribution >= 4 is 31.9 Å². The molecule has 2 rings (SSSR count). The minimum Gasteiger partial charge on any atom is -0.309 e. The van der Waals surface area contributed by atoms with Gasteiger partial charge in [0.15, 0.2) is 0 Å². The lowest BCUT2D eigenvalue weighted by molar-refractivity contribution is 0.490. The van der Waals surface area contributed by atoms with Gasteiger partial charge in [0.25, 0.3) is 0 Å². The van der Waals surface area contributed by atoms with Gasteiger partial charge in [-0.15, -0.1) is 0 Å². The van der Waals surface area contributed by atoms with Crippen molar-refractivity contribution in [3.05, 3.63) is 62.3 Å². The van der Waals surface area contributed by atoms with Gasteiger partial charge in [-0.2, -0.15) is 0 Å². The molecule has 1 N–H and O–H groups in total. The lowest BCUT2D eigenvalue weighted by Crippen LogP contribution is -2.24. The highest BCUT2D eigenvalue weighted by molar-refractivity contribution is 9.10. The molecule has 1 aromatic heterocycles. The van der Waals surface area contributed by atoms with Gasteiger partial charge in [-0.05, 0) is 69.1 Å². The lowest BCUT2D eigenvalue weighted by atomic mass is 10.0. The highest BCUT2D eigenvalue weighted by Gasteiger charge is 2.19. The molecule has 2 aromatic rings. The van der Waals surface area contributed by atoms with Crippen LogP contribution in [0.1, 0.15) is 24.2 Å². The fourth-order valence-electron chi connectivity index (χ4n) is 2.08. The fraction of sp³-hybridized carbons (Fsp3) is 0.267. The molecule has 1 aromatic carbocycles. The third-order valence-corrected chi connectivity index (χ3v) is 4.19. The molecule has 0 radical (unpaired) electrons. The molecule has 0 fully saturated rings. The van der Waals surface area contributed by atoms with E-state index < -0.39 is 11.6 Å². The first-order valence-corrected chi connectivity index (χ1v) is 8.08. The first kappa shape index (κ1) is 16.5. The molecule has 1 heterocycles. The number of halogens is 4. The Balaban J connectivity index is 2.32. The Bertz CT molecular complexity index is 618. The van der Waals surface area contributed by atoms with Gasteiger partial charge in [0, 0.05) is 16.2 Å². The highest BCUT2D eigenvalue weighted by atomic mass is 79.9. The SMILES string of the molecule is CCNC(Cc1c(F)ccc(Br)c1F)c1ccc(Br)cn1. The summed E-state index contributed by atoms with van der Waals surface area (Å²) in [5.74, 6) is -1.11. The van der Waals surface area contributed by atoms with Crippen molar-refractivity contribution in [3.8, 4) is 0 Å². The van der Waals surface area contributed by atoms with Crippen LogP contribution in [-0.2, 0) is 6.42 Å². The van der Waals surface area contributed by atoms with Gasteiger partial charge in [0.2, 0.25) is 0 Å². The number of nitrogens with zero attached hydrogens (tertiary/aromatic N) is 1. The third kappa shape index (κ3) is 4.08. The first-order chi connectivity index (χ1) is 10.0. The van der Waals surface area contributed by atoms with Crippen molar-refractivity contribution < 1.29 is 8.78 Å². The molecule has 112 valence electrons. The van der Waals surface area contributed by atoms with E-state index in [2.05, 4.69) is 42.2 Å². The lowest BCUT2D eigenvalue weighted by Gasteiger charge is -2.18. The number of pyridine rings is 1. The Hall–Kier alpha value is -0.850. The van der Waals surface area contributed by atoms with E-state index in [0.29, 0.717) is 6.54 Å². The second kappa shape index (κ2) is 7.42. The second-order valence-electron chi connectivity index (χ2n) is 4.54. The zero-order valence-corrected chi connectivity index (χ0v) is 14.5. The van der Waals surface area contributed by atoms with E-state index in [1.54, 1.807) is 6.20 Å². The van der Waals surface area contributed by atoms with Crippen molar-refractivity contribution in [1.29, 1.82) is 0 Å². The number of rotatable bonds is 5. The summed E-state index contributed by atoms with van der Waals surface area (Å²) in [6, 6.07) is 6.08. The summed E-state index contributed by atoms with van der Waals surface area (Å²) in [5.41, 5.74) is 0.805. The molecule has 1 atom stereocenters. The van der Waals surface area contributed by atoms with Crippen LogP contribution in [0.3, 0.4) is 0 Å². The Morgan fingerprint density at radius 3 is 2.57 bits per heavy atom. The minimum absolute atomic E-state index is 0.0556. The molecule has 6 heteroatoms. The maximum atomic E-state index is 14.1. The minimum atomic E-state index is -0.560. The highest BCUT2D eigenvalue weighted by Crippen LogP contribution is 2.26. The molecule has 0 saturated carbocycles. The van der Waals surface area contributed by atoms with Crippen LogP contribution in [0.2, 0.25) is 0 Å². The average molecular weight is 420 g/mol. The molecule has 0 aliphatic carbocycles. The summed E-state index contributed by atoms with van der Waals surface area (Å²) in [6.45, 7) is 2.62. The van der Waals surface area contributed by atoms with Crippen LogP contribution in [0.15, 0.2) is 39.4 Å². The molecule has 0 spiro atoms. The summed E-state index contributed by atoms with van der Waals surface area (Å²) in [5, 5.41) is 3.21. The Labute approximate surface area is 139 Å². The summed E-state index contributed by atoms with van der Waals surface area (Å²) in [4.78, 5) is 4.31. The van der Waals surface area contributed by atoms with E-state index in [0.717, 1.165) is 10.2 Å². The summed E-state index contributed by atoms with van der Waals surface area (Å²) >= 11 is 6.42. The predicted molar refractivity (Wildman–Crippen MR) is 86.1 cm³/mol. The monoisotopic (exact) mass is 418 g/mol. The number of benzene rings is 1. The van der Waals surface area contributed by atoms with Crippen molar-refractivity contribution in [3.63, 3.8) is 0 Å². The summed E-state index contributed by atoms with van der Waals surface area (Å²) in [6.07, 6.45) is 1.87. The maximum absolute atomic E-state index is 14.1. The third-order valence-electron chi connectivity index (χ3n) is 3.10. The van der Waals surface area contributed by atoms with Gasteiger partial charge in [0.1, 0.15) is 11.6 Å². The van der Waals surface area contributed by atoms with Crippen LogP contribution in [-0.4, -0.2) is 11.5 Å². The second-order valence-corrected chi connectivity index (χ2v) is 6.31. The van der Waals surface area contributed by atoms with Gasteiger partial charge in [-0.1, -0.05) is 6.92 Å². The largest absolute Gasteiger partial charge is 0.309 e. The van der Waals surface area contributed by atoms with Crippen molar-refractivity contribution in [2.45, 2.75) is 19.4 Å². The van der Waals surface area contributed by atoms with Gasteiger partial charge in [-0.25, -0.2) is 8.78 Å². The molecule has 0 saturated heterocycles. The quantitative estimate of drug-likeness (QED) is 0.705. The maximum Gasteiger partial charge on any atom is 0.143 e. The zero-order chi connectivity index (χ0) is 15.4. The van der Waals surface area contributed by atoms with Crippen LogP contribution >= 0.6 is 31.9 Å². The molecule has 2 nitrogen and oxygen atoms in total. The molecule has 0 amide bonds. The molecule has 0 aliphatic heterocycles. The van der Waals surface area contributed by atoms with Crippen molar-refractivity contribution in [1.82, 2.24) is 10.3 Å². The van der Waals surface area contributed by atoms with Crippen LogP contribution in [0, 0.1) is 11.6 Å². The van der Waals surface area contributed by atoms with Gasteiger partial charge < -0.3 is 5.32 Å². The molecule has 1 unspecified atom stereocenters. The number of nitrogens with one attached hydrogen (secondary N) is 1. The summed E-state index contributed by atoms with van der Waals surface area (Å²) < 4.78 is 29.1. The van der Waals surface area contributed by atoms with Crippen LogP contribution in [0.25, 0.3) is 0 Å². The molecule has 0 bridgehead atoms. The van der Waals surface area contributed by atoms with E-state index in [1.807, 2.05) is 19.1 Å². The normalized spacial score (nSPS) is 12.4. The van der Waals surface area contributed by atoms with Crippen molar-refractivity contribution in [2.24, 2.45) is 0 Å². The smallest absolute Gasteiger partial charge is 0.143 e. The van der Waals surface area contributed by atoms with E-state index in [4.69, 9.17) is 0 Å². The topological polar surface area (TPSA) is 24.9 Å². The van der Waals surface area contributed by atoms with Gasteiger partial charge in [0.05, 0.1) is 16.2 Å². The Morgan fingerprint density at radius 2 is 1.95 bits per heavy atom. The number of likely N-dealkylation sites (N-methyl/N-ethyl adjacent to an activating group) is 1. The standard InChI is InChI=1S/C15H14Br2F2N2/c1-2-20-14(13-6-3-9(16)8-21-13)7-10-12(18)5-4-11(17)15(10)19/h3-6,8,14,20H,2,7H2,1H3. The van der Waals surface area contributed by atoms with E-state index in [1.165, 1.54) is 12.1 Å². The zero-order valence-electron chi connectivity index (χ0n) is 11.3.